The van der Waals surface area contributed by atoms with Crippen molar-refractivity contribution in [1.29, 1.82) is 0 Å². The minimum atomic E-state index is -3.75. The molecule has 0 atom stereocenters. The van der Waals surface area contributed by atoms with Crippen molar-refractivity contribution in [2.24, 2.45) is 0 Å². The van der Waals surface area contributed by atoms with Gasteiger partial charge in [-0.1, -0.05) is 23.7 Å². The van der Waals surface area contributed by atoms with Crippen molar-refractivity contribution in [3.8, 4) is 0 Å². The van der Waals surface area contributed by atoms with Gasteiger partial charge in [0.25, 0.3) is 0 Å². The lowest BCUT2D eigenvalue weighted by molar-refractivity contribution is -0.131. The molecule has 8 nitrogen and oxygen atoms in total. The Hall–Kier alpha value is -2.23. The third-order valence-corrected chi connectivity index (χ3v) is 6.63. The molecule has 10 heteroatoms. The van der Waals surface area contributed by atoms with Gasteiger partial charge in [0.05, 0.1) is 5.02 Å². The molecular weight excluding hydrogens is 414 g/mol. The van der Waals surface area contributed by atoms with E-state index in [1.165, 1.54) is 12.1 Å². The number of carbonyl (C=O) groups is 1. The molecule has 0 unspecified atom stereocenters. The molecule has 3 rings (SSSR count). The van der Waals surface area contributed by atoms with Crippen LogP contribution in [0.3, 0.4) is 0 Å². The van der Waals surface area contributed by atoms with E-state index >= 15 is 0 Å². The van der Waals surface area contributed by atoms with Crippen LogP contribution in [0.5, 0.6) is 0 Å². The summed E-state index contributed by atoms with van der Waals surface area (Å²) in [7, 11) is -3.75. The average Bonchev–Trinajstić information content (AvgIpc) is 2.67. The Labute approximate surface area is 176 Å². The fraction of sp³-hybridized carbons (Fsp3) is 0.421. The predicted molar refractivity (Wildman–Crippen MR) is 112 cm³/mol. The first-order chi connectivity index (χ1) is 13.8. The van der Waals surface area contributed by atoms with E-state index in [0.717, 1.165) is 17.3 Å². The van der Waals surface area contributed by atoms with Crippen LogP contribution in [0.1, 0.15) is 17.9 Å². The van der Waals surface area contributed by atoms with E-state index in [1.54, 1.807) is 17.0 Å². The molecule has 1 aliphatic rings. The quantitative estimate of drug-likeness (QED) is 0.739. The van der Waals surface area contributed by atoms with Crippen LogP contribution in [-0.2, 0) is 14.8 Å². The lowest BCUT2D eigenvalue weighted by Crippen LogP contribution is -2.49. The molecule has 1 aliphatic heterocycles. The zero-order valence-electron chi connectivity index (χ0n) is 16.4. The van der Waals surface area contributed by atoms with Gasteiger partial charge >= 0.3 is 0 Å². The van der Waals surface area contributed by atoms with Crippen LogP contribution in [0.2, 0.25) is 5.02 Å². The number of nitrogens with zero attached hydrogens (tertiary/aromatic N) is 4. The zero-order valence-corrected chi connectivity index (χ0v) is 18.0. The second-order valence-corrected chi connectivity index (χ2v) is 9.00. The molecule has 29 heavy (non-hydrogen) atoms. The summed E-state index contributed by atoms with van der Waals surface area (Å²) >= 11 is 5.95. The van der Waals surface area contributed by atoms with Crippen molar-refractivity contribution >= 4 is 33.3 Å². The third kappa shape index (κ3) is 5.43. The molecule has 0 aliphatic carbocycles. The first kappa shape index (κ1) is 21.5. The number of hydrogen-bond acceptors (Lipinski definition) is 6. The highest BCUT2D eigenvalue weighted by Gasteiger charge is 2.23. The monoisotopic (exact) mass is 437 g/mol. The van der Waals surface area contributed by atoms with Crippen molar-refractivity contribution in [2.45, 2.75) is 25.2 Å². The van der Waals surface area contributed by atoms with E-state index in [4.69, 9.17) is 11.6 Å². The number of carbonyl (C=O) groups excluding carboxylic acids is 1. The lowest BCUT2D eigenvalue weighted by Gasteiger charge is -2.35. The van der Waals surface area contributed by atoms with Crippen LogP contribution in [0.15, 0.2) is 35.2 Å². The molecule has 1 fully saturated rings. The molecule has 0 spiro atoms. The van der Waals surface area contributed by atoms with Gasteiger partial charge in [0, 0.05) is 50.9 Å². The SMILES string of the molecule is Cc1cc(N2CCN(C(=O)CCNS(=O)(=O)c3ccccc3Cl)CC2)nc(C)n1. The predicted octanol–water partition coefficient (Wildman–Crippen LogP) is 1.76. The first-order valence-corrected chi connectivity index (χ1v) is 11.2. The van der Waals surface area contributed by atoms with E-state index in [0.29, 0.717) is 26.2 Å². The number of benzene rings is 1. The number of nitrogens with one attached hydrogen (secondary N) is 1. The number of anilines is 1. The van der Waals surface area contributed by atoms with Gasteiger partial charge in [0.1, 0.15) is 16.5 Å². The second kappa shape index (κ2) is 9.06. The van der Waals surface area contributed by atoms with Crippen molar-refractivity contribution in [3.05, 3.63) is 46.9 Å². The summed E-state index contributed by atoms with van der Waals surface area (Å²) in [4.78, 5) is 25.1. The molecule has 1 N–H and O–H groups in total. The standard InChI is InChI=1S/C19H24ClN5O3S/c1-14-13-18(23-15(2)22-14)24-9-11-25(12-10-24)19(26)7-8-21-29(27,28)17-6-4-3-5-16(17)20/h3-6,13,21H,7-12H2,1-2H3. The van der Waals surface area contributed by atoms with Gasteiger partial charge in [-0.05, 0) is 26.0 Å². The summed E-state index contributed by atoms with van der Waals surface area (Å²) in [6, 6.07) is 8.15. The highest BCUT2D eigenvalue weighted by atomic mass is 35.5. The van der Waals surface area contributed by atoms with Crippen LogP contribution in [0.4, 0.5) is 5.82 Å². The molecule has 1 saturated heterocycles. The summed E-state index contributed by atoms with van der Waals surface area (Å²) in [6.07, 6.45) is 0.0927. The first-order valence-electron chi connectivity index (χ1n) is 9.35. The number of piperazine rings is 1. The molecule has 1 aromatic carbocycles. The van der Waals surface area contributed by atoms with Crippen molar-refractivity contribution in [3.63, 3.8) is 0 Å². The Kier molecular flexibility index (Phi) is 6.71. The topological polar surface area (TPSA) is 95.5 Å². The van der Waals surface area contributed by atoms with Crippen LogP contribution in [0.25, 0.3) is 0 Å². The number of rotatable bonds is 6. The summed E-state index contributed by atoms with van der Waals surface area (Å²) in [5.41, 5.74) is 0.914. The second-order valence-electron chi connectivity index (χ2n) is 6.86. The van der Waals surface area contributed by atoms with Crippen molar-refractivity contribution in [2.75, 3.05) is 37.6 Å². The maximum Gasteiger partial charge on any atom is 0.242 e. The van der Waals surface area contributed by atoms with Crippen molar-refractivity contribution in [1.82, 2.24) is 19.6 Å². The number of sulfonamides is 1. The van der Waals surface area contributed by atoms with E-state index in [2.05, 4.69) is 19.6 Å². The Morgan fingerprint density at radius 2 is 1.83 bits per heavy atom. The summed E-state index contributed by atoms with van der Waals surface area (Å²) < 4.78 is 27.1. The van der Waals surface area contributed by atoms with Crippen LogP contribution >= 0.6 is 11.6 Å². The maximum absolute atomic E-state index is 12.5. The third-order valence-electron chi connectivity index (χ3n) is 4.67. The highest BCUT2D eigenvalue weighted by Crippen LogP contribution is 2.20. The summed E-state index contributed by atoms with van der Waals surface area (Å²) in [5, 5.41) is 0.151. The number of halogens is 1. The minimum Gasteiger partial charge on any atom is -0.353 e. The van der Waals surface area contributed by atoms with Gasteiger partial charge < -0.3 is 9.80 Å². The van der Waals surface area contributed by atoms with Gasteiger partial charge in [-0.15, -0.1) is 0 Å². The summed E-state index contributed by atoms with van der Waals surface area (Å²) in [5.74, 6) is 1.51. The molecule has 0 bridgehead atoms. The molecule has 2 aromatic rings. The number of hydrogen-bond donors (Lipinski definition) is 1. The average molecular weight is 438 g/mol. The number of aromatic nitrogens is 2. The Bertz CT molecular complexity index is 971. The fourth-order valence-corrected chi connectivity index (χ4v) is 4.78. The molecule has 0 saturated carbocycles. The Morgan fingerprint density at radius 3 is 2.48 bits per heavy atom. The fourth-order valence-electron chi connectivity index (χ4n) is 3.24. The van der Waals surface area contributed by atoms with Crippen LogP contribution < -0.4 is 9.62 Å². The molecule has 1 amide bonds. The van der Waals surface area contributed by atoms with Gasteiger partial charge in [-0.3, -0.25) is 4.79 Å². The summed E-state index contributed by atoms with van der Waals surface area (Å²) in [6.45, 7) is 6.30. The van der Waals surface area contributed by atoms with E-state index in [9.17, 15) is 13.2 Å². The highest BCUT2D eigenvalue weighted by molar-refractivity contribution is 7.89. The maximum atomic E-state index is 12.5. The molecule has 1 aromatic heterocycles. The van der Waals surface area contributed by atoms with E-state index in [1.807, 2.05) is 19.9 Å². The Morgan fingerprint density at radius 1 is 1.14 bits per heavy atom. The number of aryl methyl sites for hydroxylation is 2. The molecule has 156 valence electrons. The van der Waals surface area contributed by atoms with E-state index < -0.39 is 10.0 Å². The van der Waals surface area contributed by atoms with Gasteiger partial charge in [0.15, 0.2) is 0 Å². The van der Waals surface area contributed by atoms with Crippen LogP contribution in [-0.4, -0.2) is 61.9 Å². The minimum absolute atomic E-state index is 0.0122. The van der Waals surface area contributed by atoms with Gasteiger partial charge in [-0.25, -0.2) is 23.1 Å². The molecule has 0 radical (unpaired) electrons. The van der Waals surface area contributed by atoms with Gasteiger partial charge in [0.2, 0.25) is 15.9 Å². The molecular formula is C19H24ClN5O3S. The zero-order chi connectivity index (χ0) is 21.0. The lowest BCUT2D eigenvalue weighted by atomic mass is 10.2. The van der Waals surface area contributed by atoms with E-state index in [-0.39, 0.29) is 28.8 Å². The van der Waals surface area contributed by atoms with Crippen molar-refractivity contribution < 1.29 is 13.2 Å². The normalized spacial score (nSPS) is 14.9. The largest absolute Gasteiger partial charge is 0.353 e. The smallest absolute Gasteiger partial charge is 0.242 e. The molecule has 2 heterocycles. The Balaban J connectivity index is 1.49. The van der Waals surface area contributed by atoms with Crippen LogP contribution in [0, 0.1) is 13.8 Å². The number of amides is 1. The van der Waals surface area contributed by atoms with Gasteiger partial charge in [-0.2, -0.15) is 0 Å².